The molecule has 1 unspecified atom stereocenters. The van der Waals surface area contributed by atoms with E-state index < -0.39 is 0 Å². The molecule has 0 aromatic heterocycles. The van der Waals surface area contributed by atoms with Gasteiger partial charge in [0.2, 0.25) is 5.91 Å². The van der Waals surface area contributed by atoms with Crippen LogP contribution in [-0.4, -0.2) is 12.1 Å². The van der Waals surface area contributed by atoms with Gasteiger partial charge in [-0.05, 0) is 19.8 Å². The molecule has 3 heteroatoms. The van der Waals surface area contributed by atoms with Crippen molar-refractivity contribution in [3.05, 3.63) is 0 Å². The molecule has 0 spiro atoms. The first-order valence-corrected chi connectivity index (χ1v) is 4.26. The van der Waals surface area contributed by atoms with Crippen LogP contribution in [0.2, 0.25) is 0 Å². The Morgan fingerprint density at radius 1 is 1.55 bits per heavy atom. The van der Waals surface area contributed by atoms with Crippen molar-refractivity contribution in [1.82, 2.24) is 5.32 Å². The summed E-state index contributed by atoms with van der Waals surface area (Å²) in [7, 11) is 0. The summed E-state index contributed by atoms with van der Waals surface area (Å²) < 4.78 is 0. The molecular formula is C8H16N2O. The highest BCUT2D eigenvalue weighted by molar-refractivity contribution is 5.79. The number of rotatable bonds is 2. The van der Waals surface area contributed by atoms with Crippen molar-refractivity contribution < 1.29 is 4.79 Å². The van der Waals surface area contributed by atoms with Crippen molar-refractivity contribution >= 4 is 5.91 Å². The standard InChI is InChI=1S/C8H16N2O/c1-6(9)10-8(11)7-4-2-3-5-7/h6-7H,2-5,9H2,1H3,(H,10,11). The molecule has 0 saturated heterocycles. The van der Waals surface area contributed by atoms with Gasteiger partial charge in [-0.3, -0.25) is 4.79 Å². The molecule has 1 amide bonds. The zero-order valence-electron chi connectivity index (χ0n) is 6.97. The number of carbonyl (C=O) groups is 1. The predicted octanol–water partition coefficient (Wildman–Crippen LogP) is 0.597. The maximum atomic E-state index is 11.3. The lowest BCUT2D eigenvalue weighted by Gasteiger charge is -2.12. The largest absolute Gasteiger partial charge is 0.341 e. The lowest BCUT2D eigenvalue weighted by Crippen LogP contribution is -2.41. The minimum atomic E-state index is -0.205. The molecule has 1 rings (SSSR count). The minimum absolute atomic E-state index is 0.137. The molecule has 0 aliphatic heterocycles. The van der Waals surface area contributed by atoms with Gasteiger partial charge in [-0.2, -0.15) is 0 Å². The van der Waals surface area contributed by atoms with E-state index in [4.69, 9.17) is 5.73 Å². The van der Waals surface area contributed by atoms with Crippen molar-refractivity contribution in [2.45, 2.75) is 38.8 Å². The number of nitrogens with one attached hydrogen (secondary N) is 1. The van der Waals surface area contributed by atoms with Gasteiger partial charge in [-0.1, -0.05) is 12.8 Å². The Balaban J connectivity index is 2.28. The first-order valence-electron chi connectivity index (χ1n) is 4.26. The molecule has 1 atom stereocenters. The van der Waals surface area contributed by atoms with E-state index in [0.29, 0.717) is 0 Å². The van der Waals surface area contributed by atoms with Gasteiger partial charge in [0.25, 0.3) is 0 Å². The summed E-state index contributed by atoms with van der Waals surface area (Å²) in [6.07, 6.45) is 4.26. The van der Waals surface area contributed by atoms with E-state index in [2.05, 4.69) is 5.32 Å². The van der Waals surface area contributed by atoms with Gasteiger partial charge in [-0.25, -0.2) is 0 Å². The molecule has 0 aromatic carbocycles. The van der Waals surface area contributed by atoms with Crippen molar-refractivity contribution in [3.63, 3.8) is 0 Å². The number of amides is 1. The van der Waals surface area contributed by atoms with E-state index in [-0.39, 0.29) is 18.0 Å². The average molecular weight is 156 g/mol. The molecule has 11 heavy (non-hydrogen) atoms. The van der Waals surface area contributed by atoms with Crippen LogP contribution in [0.5, 0.6) is 0 Å². The van der Waals surface area contributed by atoms with E-state index in [0.717, 1.165) is 12.8 Å². The highest BCUT2D eigenvalue weighted by atomic mass is 16.2. The van der Waals surface area contributed by atoms with Gasteiger partial charge in [0.15, 0.2) is 0 Å². The van der Waals surface area contributed by atoms with Crippen LogP contribution in [0.3, 0.4) is 0 Å². The van der Waals surface area contributed by atoms with Crippen LogP contribution in [0.4, 0.5) is 0 Å². The lowest BCUT2D eigenvalue weighted by molar-refractivity contribution is -0.125. The number of carbonyl (C=O) groups excluding carboxylic acids is 1. The molecule has 1 fully saturated rings. The van der Waals surface area contributed by atoms with Crippen LogP contribution in [0.25, 0.3) is 0 Å². The summed E-state index contributed by atoms with van der Waals surface area (Å²) in [6.45, 7) is 1.78. The van der Waals surface area contributed by atoms with Crippen LogP contribution in [-0.2, 0) is 4.79 Å². The van der Waals surface area contributed by atoms with Gasteiger partial charge in [-0.15, -0.1) is 0 Å². The summed E-state index contributed by atoms with van der Waals surface area (Å²) in [4.78, 5) is 11.3. The monoisotopic (exact) mass is 156 g/mol. The van der Waals surface area contributed by atoms with E-state index in [1.165, 1.54) is 12.8 Å². The molecule has 0 aromatic rings. The first kappa shape index (κ1) is 8.53. The third kappa shape index (κ3) is 2.50. The second-order valence-electron chi connectivity index (χ2n) is 3.28. The normalized spacial score (nSPS) is 21.6. The molecule has 0 heterocycles. The Morgan fingerprint density at radius 2 is 2.09 bits per heavy atom. The van der Waals surface area contributed by atoms with E-state index >= 15 is 0 Å². The fourth-order valence-corrected chi connectivity index (χ4v) is 1.53. The smallest absolute Gasteiger partial charge is 0.224 e. The fraction of sp³-hybridized carbons (Fsp3) is 0.875. The lowest BCUT2D eigenvalue weighted by atomic mass is 10.1. The third-order valence-electron chi connectivity index (χ3n) is 2.10. The summed E-state index contributed by atoms with van der Waals surface area (Å²) in [5.41, 5.74) is 5.43. The quantitative estimate of drug-likeness (QED) is 0.575. The van der Waals surface area contributed by atoms with Gasteiger partial charge < -0.3 is 11.1 Å². The van der Waals surface area contributed by atoms with Gasteiger partial charge in [0, 0.05) is 5.92 Å². The third-order valence-corrected chi connectivity index (χ3v) is 2.10. The molecule has 3 N–H and O–H groups in total. The zero-order chi connectivity index (χ0) is 8.27. The molecule has 0 bridgehead atoms. The van der Waals surface area contributed by atoms with Gasteiger partial charge in [0.1, 0.15) is 0 Å². The number of hydrogen-bond donors (Lipinski definition) is 2. The average Bonchev–Trinajstić information content (AvgIpc) is 2.35. The van der Waals surface area contributed by atoms with Crippen LogP contribution >= 0.6 is 0 Å². The second-order valence-corrected chi connectivity index (χ2v) is 3.28. The molecule has 1 aliphatic rings. The van der Waals surface area contributed by atoms with Gasteiger partial charge in [0.05, 0.1) is 6.17 Å². The maximum Gasteiger partial charge on any atom is 0.224 e. The van der Waals surface area contributed by atoms with Crippen LogP contribution in [0.15, 0.2) is 0 Å². The van der Waals surface area contributed by atoms with Crippen LogP contribution in [0, 0.1) is 5.92 Å². The number of nitrogens with two attached hydrogens (primary N) is 1. The highest BCUT2D eigenvalue weighted by Crippen LogP contribution is 2.24. The van der Waals surface area contributed by atoms with Crippen molar-refractivity contribution in [2.24, 2.45) is 11.7 Å². The maximum absolute atomic E-state index is 11.3. The topological polar surface area (TPSA) is 55.1 Å². The van der Waals surface area contributed by atoms with E-state index in [9.17, 15) is 4.79 Å². The zero-order valence-corrected chi connectivity index (χ0v) is 6.97. The summed E-state index contributed by atoms with van der Waals surface area (Å²) in [6, 6.07) is 0. The first-order chi connectivity index (χ1) is 5.20. The van der Waals surface area contributed by atoms with E-state index in [1.807, 2.05) is 0 Å². The van der Waals surface area contributed by atoms with Crippen molar-refractivity contribution in [2.75, 3.05) is 0 Å². The predicted molar refractivity (Wildman–Crippen MR) is 43.8 cm³/mol. The molecular weight excluding hydrogens is 140 g/mol. The molecule has 3 nitrogen and oxygen atoms in total. The summed E-state index contributed by atoms with van der Waals surface area (Å²) >= 11 is 0. The SMILES string of the molecule is CC(N)NC(=O)C1CCCC1. The molecule has 0 radical (unpaired) electrons. The Labute approximate surface area is 67.3 Å². The fourth-order valence-electron chi connectivity index (χ4n) is 1.53. The Kier molecular flexibility index (Phi) is 2.88. The second kappa shape index (κ2) is 3.72. The van der Waals surface area contributed by atoms with Crippen molar-refractivity contribution in [3.8, 4) is 0 Å². The number of hydrogen-bond acceptors (Lipinski definition) is 2. The highest BCUT2D eigenvalue weighted by Gasteiger charge is 2.22. The molecule has 64 valence electrons. The van der Waals surface area contributed by atoms with Crippen LogP contribution in [0.1, 0.15) is 32.6 Å². The Morgan fingerprint density at radius 3 is 2.55 bits per heavy atom. The minimum Gasteiger partial charge on any atom is -0.341 e. The van der Waals surface area contributed by atoms with Gasteiger partial charge >= 0.3 is 0 Å². The van der Waals surface area contributed by atoms with E-state index in [1.54, 1.807) is 6.92 Å². The Hall–Kier alpha value is -0.570. The molecule has 1 aliphatic carbocycles. The molecule has 1 saturated carbocycles. The van der Waals surface area contributed by atoms with Crippen molar-refractivity contribution in [1.29, 1.82) is 0 Å². The van der Waals surface area contributed by atoms with Crippen LogP contribution < -0.4 is 11.1 Å². The summed E-state index contributed by atoms with van der Waals surface area (Å²) in [5.74, 6) is 0.374. The summed E-state index contributed by atoms with van der Waals surface area (Å²) in [5, 5.41) is 2.72. The Bertz CT molecular complexity index is 139.